The summed E-state index contributed by atoms with van der Waals surface area (Å²) >= 11 is 1.45. The average Bonchev–Trinajstić information content (AvgIpc) is 3.43. The van der Waals surface area contributed by atoms with Crippen molar-refractivity contribution in [2.24, 2.45) is 0 Å². The van der Waals surface area contributed by atoms with E-state index in [2.05, 4.69) is 51.8 Å². The van der Waals surface area contributed by atoms with Crippen LogP contribution >= 0.6 is 11.3 Å². The molecule has 1 amide bonds. The fourth-order valence-electron chi connectivity index (χ4n) is 4.48. The lowest BCUT2D eigenvalue weighted by Gasteiger charge is -2.17. The van der Waals surface area contributed by atoms with Crippen LogP contribution in [0.25, 0.3) is 10.2 Å². The standard InChI is InChI=1S/C22H29N5O2S/c1-4-27-15(3)18(14(2)25-27)13-26-10-7-16(12-26)19-17-6-5-8-24-22(17)30-20(19)21(29)23-9-11-28/h5-6,8,16,28H,4,7,9-13H2,1-3H3,(H,23,29)/t16-/m1/s1. The summed E-state index contributed by atoms with van der Waals surface area (Å²) in [6.45, 7) is 10.2. The molecule has 160 valence electrons. The van der Waals surface area contributed by atoms with Gasteiger partial charge < -0.3 is 10.4 Å². The second-order valence-corrected chi connectivity index (χ2v) is 8.87. The molecule has 0 aliphatic carbocycles. The summed E-state index contributed by atoms with van der Waals surface area (Å²) in [4.78, 5) is 21.4. The third-order valence-electron chi connectivity index (χ3n) is 6.00. The molecular weight excluding hydrogens is 398 g/mol. The Bertz CT molecular complexity index is 1060. The summed E-state index contributed by atoms with van der Waals surface area (Å²) in [6, 6.07) is 4.01. The number of likely N-dealkylation sites (tertiary alicyclic amines) is 1. The Morgan fingerprint density at radius 2 is 2.23 bits per heavy atom. The Morgan fingerprint density at radius 1 is 1.40 bits per heavy atom. The molecule has 0 spiro atoms. The van der Waals surface area contributed by atoms with Gasteiger partial charge in [-0.15, -0.1) is 11.3 Å². The van der Waals surface area contributed by atoms with E-state index in [1.54, 1.807) is 6.20 Å². The zero-order valence-electron chi connectivity index (χ0n) is 17.8. The highest BCUT2D eigenvalue weighted by Gasteiger charge is 2.31. The van der Waals surface area contributed by atoms with Crippen molar-refractivity contribution in [1.82, 2.24) is 25.0 Å². The van der Waals surface area contributed by atoms with Crippen LogP contribution in [0.3, 0.4) is 0 Å². The molecule has 4 rings (SSSR count). The molecule has 0 bridgehead atoms. The Labute approximate surface area is 180 Å². The van der Waals surface area contributed by atoms with Crippen molar-refractivity contribution in [2.45, 2.75) is 46.2 Å². The Morgan fingerprint density at radius 3 is 2.97 bits per heavy atom. The predicted molar refractivity (Wildman–Crippen MR) is 119 cm³/mol. The number of carbonyl (C=O) groups is 1. The first-order chi connectivity index (χ1) is 14.5. The van der Waals surface area contributed by atoms with Gasteiger partial charge >= 0.3 is 0 Å². The van der Waals surface area contributed by atoms with Crippen LogP contribution < -0.4 is 5.32 Å². The second-order valence-electron chi connectivity index (χ2n) is 7.87. The van der Waals surface area contributed by atoms with Gasteiger partial charge in [0, 0.05) is 54.9 Å². The van der Waals surface area contributed by atoms with E-state index in [0.717, 1.165) is 59.0 Å². The highest BCUT2D eigenvalue weighted by molar-refractivity contribution is 7.20. The van der Waals surface area contributed by atoms with Gasteiger partial charge in [-0.05, 0) is 45.4 Å². The van der Waals surface area contributed by atoms with E-state index in [9.17, 15) is 4.79 Å². The first kappa shape index (κ1) is 21.0. The lowest BCUT2D eigenvalue weighted by Crippen LogP contribution is -2.27. The van der Waals surface area contributed by atoms with Gasteiger partial charge in [0.05, 0.1) is 17.2 Å². The molecule has 2 N–H and O–H groups in total. The molecule has 0 radical (unpaired) electrons. The summed E-state index contributed by atoms with van der Waals surface area (Å²) in [5.74, 6) is 0.177. The topological polar surface area (TPSA) is 83.3 Å². The molecule has 4 heterocycles. The minimum Gasteiger partial charge on any atom is -0.395 e. The number of aromatic nitrogens is 3. The summed E-state index contributed by atoms with van der Waals surface area (Å²) < 4.78 is 2.07. The average molecular weight is 428 g/mol. The molecule has 8 heteroatoms. The third kappa shape index (κ3) is 3.87. The van der Waals surface area contributed by atoms with Gasteiger partial charge in [0.1, 0.15) is 4.83 Å². The van der Waals surface area contributed by atoms with E-state index in [-0.39, 0.29) is 19.1 Å². The Kier molecular flexibility index (Phi) is 6.17. The molecule has 1 fully saturated rings. The number of thiophene rings is 1. The minimum absolute atomic E-state index is 0.0639. The summed E-state index contributed by atoms with van der Waals surface area (Å²) in [5, 5.41) is 17.6. The van der Waals surface area contributed by atoms with Crippen molar-refractivity contribution in [3.05, 3.63) is 45.7 Å². The van der Waals surface area contributed by atoms with Crippen LogP contribution in [0.2, 0.25) is 0 Å². The molecule has 0 unspecified atom stereocenters. The number of fused-ring (bicyclic) bond motifs is 1. The van der Waals surface area contributed by atoms with Crippen LogP contribution in [0.5, 0.6) is 0 Å². The van der Waals surface area contributed by atoms with Crippen LogP contribution in [0.15, 0.2) is 18.3 Å². The van der Waals surface area contributed by atoms with Crippen LogP contribution in [0.1, 0.15) is 51.4 Å². The number of pyridine rings is 1. The quantitative estimate of drug-likeness (QED) is 0.606. The van der Waals surface area contributed by atoms with Gasteiger partial charge in [-0.25, -0.2) is 4.98 Å². The molecule has 30 heavy (non-hydrogen) atoms. The number of aliphatic hydroxyl groups excluding tert-OH is 1. The van der Waals surface area contributed by atoms with E-state index < -0.39 is 0 Å². The van der Waals surface area contributed by atoms with Crippen LogP contribution in [0.4, 0.5) is 0 Å². The monoisotopic (exact) mass is 427 g/mol. The van der Waals surface area contributed by atoms with E-state index in [1.165, 1.54) is 22.6 Å². The molecule has 0 saturated carbocycles. The van der Waals surface area contributed by atoms with E-state index >= 15 is 0 Å². The molecule has 1 aliphatic rings. The summed E-state index contributed by atoms with van der Waals surface area (Å²) in [6.07, 6.45) is 2.79. The highest BCUT2D eigenvalue weighted by Crippen LogP contribution is 2.39. The van der Waals surface area contributed by atoms with Crippen LogP contribution in [-0.2, 0) is 13.1 Å². The lowest BCUT2D eigenvalue weighted by atomic mass is 9.95. The van der Waals surface area contributed by atoms with Crippen LogP contribution in [-0.4, -0.2) is 56.9 Å². The van der Waals surface area contributed by atoms with Crippen LogP contribution in [0, 0.1) is 13.8 Å². The summed E-state index contributed by atoms with van der Waals surface area (Å²) in [5.41, 5.74) is 4.77. The zero-order chi connectivity index (χ0) is 21.3. The predicted octanol–water partition coefficient (Wildman–Crippen LogP) is 2.84. The maximum Gasteiger partial charge on any atom is 0.261 e. The summed E-state index contributed by atoms with van der Waals surface area (Å²) in [7, 11) is 0. The number of hydrogen-bond acceptors (Lipinski definition) is 6. The van der Waals surface area contributed by atoms with Crippen molar-refractivity contribution in [1.29, 1.82) is 0 Å². The normalized spacial score (nSPS) is 17.1. The number of nitrogens with one attached hydrogen (secondary N) is 1. The van der Waals surface area contributed by atoms with E-state index in [1.807, 2.05) is 6.07 Å². The smallest absolute Gasteiger partial charge is 0.261 e. The SMILES string of the molecule is CCn1nc(C)c(CN2CC[C@@H](c3c(C(=O)NCCO)sc4ncccc34)C2)c1C. The number of nitrogens with zero attached hydrogens (tertiary/aromatic N) is 4. The van der Waals surface area contributed by atoms with E-state index in [4.69, 9.17) is 5.11 Å². The molecule has 7 nitrogen and oxygen atoms in total. The number of carbonyl (C=O) groups excluding carboxylic acids is 1. The van der Waals surface area contributed by atoms with Gasteiger partial charge in [-0.2, -0.15) is 5.10 Å². The maximum absolute atomic E-state index is 12.8. The fraction of sp³-hybridized carbons (Fsp3) is 0.500. The van der Waals surface area contributed by atoms with Crippen molar-refractivity contribution in [3.8, 4) is 0 Å². The van der Waals surface area contributed by atoms with Crippen molar-refractivity contribution < 1.29 is 9.90 Å². The molecule has 0 aromatic carbocycles. The number of aryl methyl sites for hydroxylation is 2. The molecule has 1 atom stereocenters. The molecule has 3 aromatic heterocycles. The first-order valence-electron chi connectivity index (χ1n) is 10.5. The highest BCUT2D eigenvalue weighted by atomic mass is 32.1. The molecule has 1 aliphatic heterocycles. The van der Waals surface area contributed by atoms with Gasteiger partial charge in [-0.1, -0.05) is 6.07 Å². The number of aliphatic hydroxyl groups is 1. The van der Waals surface area contributed by atoms with Gasteiger partial charge in [-0.3, -0.25) is 14.4 Å². The largest absolute Gasteiger partial charge is 0.395 e. The lowest BCUT2D eigenvalue weighted by molar-refractivity contribution is 0.0947. The number of rotatable bonds is 7. The van der Waals surface area contributed by atoms with Gasteiger partial charge in [0.2, 0.25) is 0 Å². The number of hydrogen-bond donors (Lipinski definition) is 2. The molecule has 1 saturated heterocycles. The molecule has 3 aromatic rings. The maximum atomic E-state index is 12.8. The second kappa shape index (κ2) is 8.83. The molecular formula is C22H29N5O2S. The van der Waals surface area contributed by atoms with Gasteiger partial charge in [0.25, 0.3) is 5.91 Å². The van der Waals surface area contributed by atoms with Crippen molar-refractivity contribution in [2.75, 3.05) is 26.2 Å². The van der Waals surface area contributed by atoms with Crippen molar-refractivity contribution >= 4 is 27.5 Å². The van der Waals surface area contributed by atoms with Gasteiger partial charge in [0.15, 0.2) is 0 Å². The number of amides is 1. The zero-order valence-corrected chi connectivity index (χ0v) is 18.6. The Hall–Kier alpha value is -2.29. The minimum atomic E-state index is -0.114. The fourth-order valence-corrected chi connectivity index (χ4v) is 5.63. The first-order valence-corrected chi connectivity index (χ1v) is 11.4. The Balaban J connectivity index is 1.59. The van der Waals surface area contributed by atoms with E-state index in [0.29, 0.717) is 5.92 Å². The third-order valence-corrected chi connectivity index (χ3v) is 7.13. The van der Waals surface area contributed by atoms with Crippen molar-refractivity contribution in [3.63, 3.8) is 0 Å².